The Labute approximate surface area is 94.0 Å². The summed E-state index contributed by atoms with van der Waals surface area (Å²) in [6.45, 7) is 3.32. The molecular weight excluding hydrogens is 202 g/mol. The van der Waals surface area contributed by atoms with Crippen molar-refractivity contribution in [2.45, 2.75) is 20.0 Å². The lowest BCUT2D eigenvalue weighted by atomic mass is 10.3. The standard InChI is InChI=1S/C11H13N5/c1-9-4-15-11(7-14-9)6-13-5-10-2-3-12-8-16-10/h2-4,7-8,13H,5-6H2,1H3. The van der Waals surface area contributed by atoms with Crippen LogP contribution in [-0.4, -0.2) is 19.9 Å². The molecular formula is C11H13N5. The van der Waals surface area contributed by atoms with Gasteiger partial charge in [0.1, 0.15) is 6.33 Å². The van der Waals surface area contributed by atoms with Gasteiger partial charge in [-0.3, -0.25) is 9.97 Å². The molecule has 1 N–H and O–H groups in total. The third-order valence-electron chi connectivity index (χ3n) is 2.09. The predicted octanol–water partition coefficient (Wildman–Crippen LogP) is 0.865. The highest BCUT2D eigenvalue weighted by molar-refractivity contribution is 5.01. The molecule has 2 rings (SSSR count). The van der Waals surface area contributed by atoms with E-state index in [2.05, 4.69) is 25.3 Å². The number of hydrogen-bond acceptors (Lipinski definition) is 5. The molecule has 0 fully saturated rings. The van der Waals surface area contributed by atoms with Crippen LogP contribution in [0.1, 0.15) is 17.1 Å². The summed E-state index contributed by atoms with van der Waals surface area (Å²) < 4.78 is 0. The molecule has 0 aromatic carbocycles. The summed E-state index contributed by atoms with van der Waals surface area (Å²) in [5.74, 6) is 0. The molecule has 2 aromatic rings. The lowest BCUT2D eigenvalue weighted by Crippen LogP contribution is -2.14. The Hall–Kier alpha value is -1.88. The zero-order valence-corrected chi connectivity index (χ0v) is 9.09. The van der Waals surface area contributed by atoms with E-state index in [1.807, 2.05) is 13.0 Å². The van der Waals surface area contributed by atoms with Gasteiger partial charge in [0.15, 0.2) is 0 Å². The fourth-order valence-corrected chi connectivity index (χ4v) is 1.25. The van der Waals surface area contributed by atoms with Crippen molar-refractivity contribution in [1.82, 2.24) is 25.3 Å². The molecule has 0 aliphatic carbocycles. The van der Waals surface area contributed by atoms with Crippen LogP contribution in [-0.2, 0) is 13.1 Å². The van der Waals surface area contributed by atoms with Crippen LogP contribution in [0.3, 0.4) is 0 Å². The van der Waals surface area contributed by atoms with Gasteiger partial charge in [0, 0.05) is 31.7 Å². The van der Waals surface area contributed by atoms with E-state index < -0.39 is 0 Å². The number of aryl methyl sites for hydroxylation is 1. The molecule has 0 spiro atoms. The van der Waals surface area contributed by atoms with Gasteiger partial charge in [-0.2, -0.15) is 0 Å². The summed E-state index contributed by atoms with van der Waals surface area (Å²) in [7, 11) is 0. The van der Waals surface area contributed by atoms with Crippen molar-refractivity contribution in [3.8, 4) is 0 Å². The van der Waals surface area contributed by atoms with Crippen LogP contribution in [0.2, 0.25) is 0 Å². The molecule has 0 radical (unpaired) electrons. The first kappa shape index (κ1) is 10.6. The molecule has 2 heterocycles. The molecule has 0 aliphatic heterocycles. The predicted molar refractivity (Wildman–Crippen MR) is 59.3 cm³/mol. The monoisotopic (exact) mass is 215 g/mol. The fraction of sp³-hybridized carbons (Fsp3) is 0.273. The van der Waals surface area contributed by atoms with Gasteiger partial charge in [0.05, 0.1) is 17.1 Å². The molecule has 0 bridgehead atoms. The normalized spacial score (nSPS) is 10.3. The summed E-state index contributed by atoms with van der Waals surface area (Å²) >= 11 is 0. The van der Waals surface area contributed by atoms with E-state index in [0.717, 1.165) is 17.1 Å². The van der Waals surface area contributed by atoms with Crippen molar-refractivity contribution < 1.29 is 0 Å². The Balaban J connectivity index is 1.82. The van der Waals surface area contributed by atoms with Crippen molar-refractivity contribution in [2.75, 3.05) is 0 Å². The van der Waals surface area contributed by atoms with Crippen LogP contribution < -0.4 is 5.32 Å². The molecule has 2 aromatic heterocycles. The van der Waals surface area contributed by atoms with E-state index in [9.17, 15) is 0 Å². The largest absolute Gasteiger partial charge is 0.305 e. The van der Waals surface area contributed by atoms with E-state index >= 15 is 0 Å². The maximum atomic E-state index is 4.25. The molecule has 5 heteroatoms. The summed E-state index contributed by atoms with van der Waals surface area (Å²) in [5.41, 5.74) is 2.83. The molecule has 0 amide bonds. The summed E-state index contributed by atoms with van der Waals surface area (Å²) in [6.07, 6.45) is 6.82. The third-order valence-corrected chi connectivity index (χ3v) is 2.09. The van der Waals surface area contributed by atoms with Gasteiger partial charge in [-0.1, -0.05) is 0 Å². The lowest BCUT2D eigenvalue weighted by molar-refractivity contribution is 0.662. The van der Waals surface area contributed by atoms with Crippen LogP contribution in [0.4, 0.5) is 0 Å². The van der Waals surface area contributed by atoms with Crippen LogP contribution in [0.15, 0.2) is 31.0 Å². The van der Waals surface area contributed by atoms with Gasteiger partial charge in [0.2, 0.25) is 0 Å². The Morgan fingerprint density at radius 3 is 2.62 bits per heavy atom. The quantitative estimate of drug-likeness (QED) is 0.819. The lowest BCUT2D eigenvalue weighted by Gasteiger charge is -2.03. The second kappa shape index (κ2) is 5.27. The van der Waals surface area contributed by atoms with Gasteiger partial charge < -0.3 is 5.32 Å². The van der Waals surface area contributed by atoms with Gasteiger partial charge in [-0.15, -0.1) is 0 Å². The zero-order chi connectivity index (χ0) is 11.2. The van der Waals surface area contributed by atoms with Crippen LogP contribution in [0.25, 0.3) is 0 Å². The van der Waals surface area contributed by atoms with E-state index in [0.29, 0.717) is 13.1 Å². The number of nitrogens with zero attached hydrogens (tertiary/aromatic N) is 4. The topological polar surface area (TPSA) is 63.6 Å². The van der Waals surface area contributed by atoms with Crippen LogP contribution in [0, 0.1) is 6.92 Å². The Morgan fingerprint density at radius 2 is 1.94 bits per heavy atom. The van der Waals surface area contributed by atoms with Gasteiger partial charge in [-0.25, -0.2) is 9.97 Å². The van der Waals surface area contributed by atoms with Gasteiger partial charge in [0.25, 0.3) is 0 Å². The van der Waals surface area contributed by atoms with E-state index in [4.69, 9.17) is 0 Å². The first-order valence-corrected chi connectivity index (χ1v) is 5.08. The van der Waals surface area contributed by atoms with E-state index in [1.54, 1.807) is 24.9 Å². The zero-order valence-electron chi connectivity index (χ0n) is 9.09. The smallest absolute Gasteiger partial charge is 0.115 e. The Morgan fingerprint density at radius 1 is 1.06 bits per heavy atom. The molecule has 16 heavy (non-hydrogen) atoms. The molecule has 82 valence electrons. The minimum atomic E-state index is 0.692. The number of rotatable bonds is 4. The first-order valence-electron chi connectivity index (χ1n) is 5.08. The van der Waals surface area contributed by atoms with Crippen molar-refractivity contribution >= 4 is 0 Å². The SMILES string of the molecule is Cc1cnc(CNCc2ccncn2)cn1. The van der Waals surface area contributed by atoms with Crippen molar-refractivity contribution in [1.29, 1.82) is 0 Å². The highest BCUT2D eigenvalue weighted by Crippen LogP contribution is 1.95. The minimum absolute atomic E-state index is 0.692. The molecule has 5 nitrogen and oxygen atoms in total. The highest BCUT2D eigenvalue weighted by atomic mass is 14.9. The van der Waals surface area contributed by atoms with Crippen LogP contribution in [0.5, 0.6) is 0 Å². The molecule has 0 saturated carbocycles. The van der Waals surface area contributed by atoms with Gasteiger partial charge >= 0.3 is 0 Å². The second-order valence-corrected chi connectivity index (χ2v) is 3.45. The van der Waals surface area contributed by atoms with Crippen LogP contribution >= 0.6 is 0 Å². The third kappa shape index (κ3) is 3.06. The van der Waals surface area contributed by atoms with Crippen molar-refractivity contribution in [3.63, 3.8) is 0 Å². The van der Waals surface area contributed by atoms with E-state index in [1.165, 1.54) is 0 Å². The minimum Gasteiger partial charge on any atom is -0.305 e. The number of hydrogen-bond donors (Lipinski definition) is 1. The molecule has 0 atom stereocenters. The first-order chi connectivity index (χ1) is 7.84. The maximum absolute atomic E-state index is 4.25. The highest BCUT2D eigenvalue weighted by Gasteiger charge is 1.96. The summed E-state index contributed by atoms with van der Waals surface area (Å²) in [4.78, 5) is 16.4. The Bertz CT molecular complexity index is 426. The summed E-state index contributed by atoms with van der Waals surface area (Å²) in [6, 6.07) is 1.88. The molecule has 0 aliphatic rings. The Kier molecular flexibility index (Phi) is 3.50. The average molecular weight is 215 g/mol. The fourth-order valence-electron chi connectivity index (χ4n) is 1.25. The summed E-state index contributed by atoms with van der Waals surface area (Å²) in [5, 5.41) is 3.24. The second-order valence-electron chi connectivity index (χ2n) is 3.45. The molecule has 0 saturated heterocycles. The molecule has 0 unspecified atom stereocenters. The van der Waals surface area contributed by atoms with Crippen molar-refractivity contribution in [2.24, 2.45) is 0 Å². The van der Waals surface area contributed by atoms with Gasteiger partial charge in [-0.05, 0) is 13.0 Å². The average Bonchev–Trinajstić information content (AvgIpc) is 2.33. The maximum Gasteiger partial charge on any atom is 0.115 e. The number of nitrogens with one attached hydrogen (secondary N) is 1. The number of aromatic nitrogens is 4. The van der Waals surface area contributed by atoms with Crippen molar-refractivity contribution in [3.05, 3.63) is 48.1 Å². The van der Waals surface area contributed by atoms with E-state index in [-0.39, 0.29) is 0 Å².